The number of nitrogens with zero attached hydrogens (tertiary/aromatic N) is 2. The van der Waals surface area contributed by atoms with Gasteiger partial charge < -0.3 is 10.2 Å². The van der Waals surface area contributed by atoms with Crippen molar-refractivity contribution < 1.29 is 0 Å². The maximum atomic E-state index is 6.42. The predicted octanol–water partition coefficient (Wildman–Crippen LogP) is 4.84. The summed E-state index contributed by atoms with van der Waals surface area (Å²) in [5.41, 5.74) is 0. The Balaban J connectivity index is 1.81. The van der Waals surface area contributed by atoms with Crippen molar-refractivity contribution >= 4 is 34.8 Å². The maximum Gasteiger partial charge on any atom is 0.149 e. The molecule has 3 nitrogen and oxygen atoms in total. The molecule has 5 heteroatoms. The highest BCUT2D eigenvalue weighted by Crippen LogP contribution is 2.38. The van der Waals surface area contributed by atoms with Gasteiger partial charge in [-0.2, -0.15) is 0 Å². The molecule has 1 aromatic rings. The quantitative estimate of drug-likeness (QED) is 0.740. The zero-order chi connectivity index (χ0) is 14.8. The largest absolute Gasteiger partial charge is 0.369 e. The predicted molar refractivity (Wildman–Crippen MR) is 90.7 cm³/mol. The molecule has 0 bridgehead atoms. The molecule has 1 heterocycles. The molecular formula is C16H23Cl2N3. The third-order valence-electron chi connectivity index (χ3n) is 4.10. The van der Waals surface area contributed by atoms with E-state index in [2.05, 4.69) is 17.1 Å². The van der Waals surface area contributed by atoms with Crippen LogP contribution in [0.15, 0.2) is 6.07 Å². The summed E-state index contributed by atoms with van der Waals surface area (Å²) in [5.74, 6) is 3.31. The van der Waals surface area contributed by atoms with Crippen LogP contribution in [0.4, 0.5) is 11.6 Å². The maximum absolute atomic E-state index is 6.42. The van der Waals surface area contributed by atoms with E-state index in [-0.39, 0.29) is 0 Å². The minimum Gasteiger partial charge on any atom is -0.369 e. The van der Waals surface area contributed by atoms with Crippen LogP contribution in [0.25, 0.3) is 0 Å². The van der Waals surface area contributed by atoms with Crippen molar-refractivity contribution in [3.63, 3.8) is 0 Å². The molecule has 0 aromatic carbocycles. The van der Waals surface area contributed by atoms with E-state index in [1.54, 1.807) is 0 Å². The van der Waals surface area contributed by atoms with Gasteiger partial charge in [0.15, 0.2) is 0 Å². The molecule has 21 heavy (non-hydrogen) atoms. The fourth-order valence-electron chi connectivity index (χ4n) is 2.52. The molecule has 116 valence electrons. The van der Waals surface area contributed by atoms with Gasteiger partial charge in [0.2, 0.25) is 0 Å². The first-order chi connectivity index (χ1) is 10.2. The Kier molecular flexibility index (Phi) is 4.80. The average Bonchev–Trinajstić information content (AvgIpc) is 3.33. The van der Waals surface area contributed by atoms with E-state index in [1.807, 2.05) is 6.07 Å². The van der Waals surface area contributed by atoms with Crippen molar-refractivity contribution in [3.05, 3.63) is 16.1 Å². The molecule has 3 rings (SSSR count). The topological polar surface area (TPSA) is 28.2 Å². The molecule has 2 aliphatic rings. The third kappa shape index (κ3) is 4.17. The molecular weight excluding hydrogens is 305 g/mol. The first kappa shape index (κ1) is 15.2. The van der Waals surface area contributed by atoms with Crippen LogP contribution in [0.1, 0.15) is 39.0 Å². The summed E-state index contributed by atoms with van der Waals surface area (Å²) in [6.07, 6.45) is 6.41. The Bertz CT molecular complexity index is 485. The third-order valence-corrected chi connectivity index (χ3v) is 4.67. The molecule has 1 N–H and O–H groups in total. The molecule has 1 aromatic heterocycles. The van der Waals surface area contributed by atoms with E-state index in [0.717, 1.165) is 49.5 Å². The number of rotatable bonds is 8. The van der Waals surface area contributed by atoms with Crippen LogP contribution < -0.4 is 10.2 Å². The number of anilines is 2. The average molecular weight is 328 g/mol. The van der Waals surface area contributed by atoms with Crippen LogP contribution in [-0.2, 0) is 0 Å². The molecule has 2 fully saturated rings. The summed E-state index contributed by atoms with van der Waals surface area (Å²) in [6.45, 7) is 5.17. The normalized spacial score (nSPS) is 17.9. The zero-order valence-corrected chi connectivity index (χ0v) is 14.1. The van der Waals surface area contributed by atoms with Crippen LogP contribution in [0.5, 0.6) is 0 Å². The van der Waals surface area contributed by atoms with Crippen LogP contribution in [0, 0.1) is 11.8 Å². The van der Waals surface area contributed by atoms with Crippen molar-refractivity contribution in [1.82, 2.24) is 4.98 Å². The van der Waals surface area contributed by atoms with E-state index in [1.165, 1.54) is 25.7 Å². The molecule has 0 spiro atoms. The first-order valence-corrected chi connectivity index (χ1v) is 8.77. The van der Waals surface area contributed by atoms with E-state index in [0.29, 0.717) is 10.0 Å². The summed E-state index contributed by atoms with van der Waals surface area (Å²) in [4.78, 5) is 7.10. The molecule has 0 aliphatic heterocycles. The van der Waals surface area contributed by atoms with E-state index in [4.69, 9.17) is 28.2 Å². The van der Waals surface area contributed by atoms with Gasteiger partial charge in [-0.1, -0.05) is 30.1 Å². The fraction of sp³-hybridized carbons (Fsp3) is 0.688. The summed E-state index contributed by atoms with van der Waals surface area (Å²) in [7, 11) is 0. The molecule has 0 amide bonds. The zero-order valence-electron chi connectivity index (χ0n) is 12.5. The van der Waals surface area contributed by atoms with E-state index in [9.17, 15) is 0 Å². The van der Waals surface area contributed by atoms with E-state index >= 15 is 0 Å². The molecule has 2 saturated carbocycles. The van der Waals surface area contributed by atoms with Gasteiger partial charge >= 0.3 is 0 Å². The molecule has 0 radical (unpaired) electrons. The van der Waals surface area contributed by atoms with Crippen LogP contribution in [0.3, 0.4) is 0 Å². The molecule has 0 unspecified atom stereocenters. The molecule has 0 atom stereocenters. The minimum atomic E-state index is 0.606. The lowest BCUT2D eigenvalue weighted by Gasteiger charge is -2.25. The van der Waals surface area contributed by atoms with Gasteiger partial charge in [-0.05, 0) is 50.0 Å². The van der Waals surface area contributed by atoms with Gasteiger partial charge in [-0.25, -0.2) is 4.98 Å². The second-order valence-corrected chi connectivity index (χ2v) is 7.16. The van der Waals surface area contributed by atoms with Crippen molar-refractivity contribution in [2.24, 2.45) is 11.8 Å². The number of aromatic nitrogens is 1. The van der Waals surface area contributed by atoms with Crippen molar-refractivity contribution in [1.29, 1.82) is 0 Å². The van der Waals surface area contributed by atoms with Gasteiger partial charge in [-0.3, -0.25) is 0 Å². The lowest BCUT2D eigenvalue weighted by molar-refractivity contribution is 0.672. The second-order valence-electron chi connectivity index (χ2n) is 6.34. The Morgan fingerprint density at radius 1 is 1.14 bits per heavy atom. The SMILES string of the molecule is CCCNc1nc(N(CC2CC2)CC2CC2)c(Cl)cc1Cl. The smallest absolute Gasteiger partial charge is 0.149 e. The lowest BCUT2D eigenvalue weighted by atomic mass is 10.3. The lowest BCUT2D eigenvalue weighted by Crippen LogP contribution is -2.29. The second kappa shape index (κ2) is 6.62. The Morgan fingerprint density at radius 3 is 2.29 bits per heavy atom. The monoisotopic (exact) mass is 327 g/mol. The number of hydrogen-bond donors (Lipinski definition) is 1. The van der Waals surface area contributed by atoms with Crippen LogP contribution in [-0.4, -0.2) is 24.6 Å². The Morgan fingerprint density at radius 2 is 1.76 bits per heavy atom. The summed E-state index contributed by atoms with van der Waals surface area (Å²) in [5, 5.41) is 4.57. The number of pyridine rings is 1. The Labute approximate surface area is 137 Å². The first-order valence-electron chi connectivity index (χ1n) is 8.02. The summed E-state index contributed by atoms with van der Waals surface area (Å²) >= 11 is 12.7. The highest BCUT2D eigenvalue weighted by Gasteiger charge is 2.31. The van der Waals surface area contributed by atoms with Gasteiger partial charge in [0, 0.05) is 19.6 Å². The Hall–Kier alpha value is -0.670. The van der Waals surface area contributed by atoms with Crippen molar-refractivity contribution in [3.8, 4) is 0 Å². The number of halogens is 2. The van der Waals surface area contributed by atoms with Gasteiger partial charge in [0.1, 0.15) is 11.6 Å². The highest BCUT2D eigenvalue weighted by molar-refractivity contribution is 6.37. The number of nitrogens with one attached hydrogen (secondary N) is 1. The highest BCUT2D eigenvalue weighted by atomic mass is 35.5. The van der Waals surface area contributed by atoms with E-state index < -0.39 is 0 Å². The number of hydrogen-bond acceptors (Lipinski definition) is 3. The molecule has 0 saturated heterocycles. The van der Waals surface area contributed by atoms with Gasteiger partial charge in [0.25, 0.3) is 0 Å². The standard InChI is InChI=1S/C16H23Cl2N3/c1-2-7-19-15-13(17)8-14(18)16(20-15)21(9-11-3-4-11)10-12-5-6-12/h8,11-12H,2-7,9-10H2,1H3,(H,19,20). The minimum absolute atomic E-state index is 0.606. The summed E-state index contributed by atoms with van der Waals surface area (Å²) < 4.78 is 0. The van der Waals surface area contributed by atoms with Crippen molar-refractivity contribution in [2.45, 2.75) is 39.0 Å². The van der Waals surface area contributed by atoms with Crippen LogP contribution in [0.2, 0.25) is 10.0 Å². The van der Waals surface area contributed by atoms with Crippen LogP contribution >= 0.6 is 23.2 Å². The fourth-order valence-corrected chi connectivity index (χ4v) is 3.06. The molecule has 2 aliphatic carbocycles. The summed E-state index contributed by atoms with van der Waals surface area (Å²) in [6, 6.07) is 1.83. The van der Waals surface area contributed by atoms with Gasteiger partial charge in [0.05, 0.1) is 10.0 Å². The van der Waals surface area contributed by atoms with Gasteiger partial charge in [-0.15, -0.1) is 0 Å². The van der Waals surface area contributed by atoms with Crippen molar-refractivity contribution in [2.75, 3.05) is 29.9 Å².